The van der Waals surface area contributed by atoms with Crippen molar-refractivity contribution in [1.82, 2.24) is 20.4 Å². The molecule has 2 fully saturated rings. The Kier molecular flexibility index (Phi) is 6.08. The van der Waals surface area contributed by atoms with E-state index >= 15 is 0 Å². The van der Waals surface area contributed by atoms with Gasteiger partial charge in [0.15, 0.2) is 0 Å². The summed E-state index contributed by atoms with van der Waals surface area (Å²) in [5, 5.41) is 13.3. The largest absolute Gasteiger partial charge is 0.497 e. The van der Waals surface area contributed by atoms with Crippen molar-refractivity contribution in [3.63, 3.8) is 0 Å². The van der Waals surface area contributed by atoms with E-state index in [4.69, 9.17) is 14.9 Å². The smallest absolute Gasteiger partial charge is 0.323 e. The first-order chi connectivity index (χ1) is 17.4. The summed E-state index contributed by atoms with van der Waals surface area (Å²) < 4.78 is 10.6. The van der Waals surface area contributed by atoms with Gasteiger partial charge < -0.3 is 24.6 Å². The Morgan fingerprint density at radius 2 is 1.89 bits per heavy atom. The number of amidine groups is 1. The SMILES string of the molecule is COc1ccc2c(c1)C(=O)N(C[C@@]1(C#Cc3ccc(C(=N)N4CCOCC4)cc3)NC(=O)NC1=O)C2. The number of amides is 4. The summed E-state index contributed by atoms with van der Waals surface area (Å²) in [4.78, 5) is 41.3. The molecule has 0 bridgehead atoms. The fourth-order valence-electron chi connectivity index (χ4n) is 4.47. The first kappa shape index (κ1) is 23.4. The molecular weight excluding hydrogens is 462 g/mol. The summed E-state index contributed by atoms with van der Waals surface area (Å²) in [5.41, 5.74) is 1.09. The van der Waals surface area contributed by atoms with Crippen molar-refractivity contribution < 1.29 is 23.9 Å². The number of fused-ring (bicyclic) bond motifs is 1. The molecule has 3 aliphatic rings. The van der Waals surface area contributed by atoms with Crippen LogP contribution in [-0.2, 0) is 16.1 Å². The Balaban J connectivity index is 1.36. The number of nitrogens with one attached hydrogen (secondary N) is 3. The van der Waals surface area contributed by atoms with E-state index in [1.807, 2.05) is 11.0 Å². The van der Waals surface area contributed by atoms with Crippen molar-refractivity contribution in [1.29, 1.82) is 5.41 Å². The van der Waals surface area contributed by atoms with Gasteiger partial charge in [0.25, 0.3) is 11.8 Å². The molecule has 1 atom stereocenters. The Morgan fingerprint density at radius 1 is 1.14 bits per heavy atom. The second kappa shape index (κ2) is 9.36. The third-order valence-electron chi connectivity index (χ3n) is 6.47. The van der Waals surface area contributed by atoms with Crippen LogP contribution in [-0.4, -0.2) is 79.0 Å². The van der Waals surface area contributed by atoms with Crippen LogP contribution in [0.5, 0.6) is 5.75 Å². The Labute approximate surface area is 208 Å². The molecular formula is C26H25N5O5. The van der Waals surface area contributed by atoms with E-state index in [9.17, 15) is 14.4 Å². The quantitative estimate of drug-likeness (QED) is 0.255. The van der Waals surface area contributed by atoms with Crippen LogP contribution in [0.25, 0.3) is 0 Å². The molecule has 0 aliphatic carbocycles. The highest BCUT2D eigenvalue weighted by Gasteiger charge is 2.48. The minimum absolute atomic E-state index is 0.104. The van der Waals surface area contributed by atoms with Crippen molar-refractivity contribution in [2.45, 2.75) is 12.1 Å². The number of benzene rings is 2. The summed E-state index contributed by atoms with van der Waals surface area (Å²) in [6, 6.07) is 11.7. The van der Waals surface area contributed by atoms with Gasteiger partial charge in [-0.2, -0.15) is 0 Å². The fraction of sp³-hybridized carbons (Fsp3) is 0.308. The summed E-state index contributed by atoms with van der Waals surface area (Å²) >= 11 is 0. The molecule has 2 saturated heterocycles. The van der Waals surface area contributed by atoms with E-state index in [0.717, 1.165) is 11.1 Å². The molecule has 0 spiro atoms. The highest BCUT2D eigenvalue weighted by molar-refractivity contribution is 6.10. The van der Waals surface area contributed by atoms with Crippen LogP contribution < -0.4 is 15.4 Å². The monoisotopic (exact) mass is 487 g/mol. The molecule has 184 valence electrons. The van der Waals surface area contributed by atoms with Gasteiger partial charge >= 0.3 is 6.03 Å². The maximum atomic E-state index is 13.0. The fourth-order valence-corrected chi connectivity index (χ4v) is 4.47. The summed E-state index contributed by atoms with van der Waals surface area (Å²) in [5.74, 6) is 5.99. The van der Waals surface area contributed by atoms with Crippen LogP contribution in [0.1, 0.15) is 27.0 Å². The molecule has 5 rings (SSSR count). The number of urea groups is 1. The van der Waals surface area contributed by atoms with Crippen LogP contribution in [0, 0.1) is 17.3 Å². The Hall–Kier alpha value is -4.36. The zero-order valence-electron chi connectivity index (χ0n) is 19.7. The predicted molar refractivity (Wildman–Crippen MR) is 130 cm³/mol. The lowest BCUT2D eigenvalue weighted by Crippen LogP contribution is -2.54. The maximum absolute atomic E-state index is 13.0. The number of carbonyl (C=O) groups is 3. The van der Waals surface area contributed by atoms with Crippen molar-refractivity contribution >= 4 is 23.7 Å². The Bertz CT molecular complexity index is 1310. The van der Waals surface area contributed by atoms with Crippen LogP contribution in [0.15, 0.2) is 42.5 Å². The Morgan fingerprint density at radius 3 is 2.56 bits per heavy atom. The molecule has 3 aliphatic heterocycles. The molecule has 0 radical (unpaired) electrons. The molecule has 0 saturated carbocycles. The molecule has 3 heterocycles. The van der Waals surface area contributed by atoms with Gasteiger partial charge in [0.2, 0.25) is 5.54 Å². The number of carbonyl (C=O) groups excluding carboxylic acids is 3. The third-order valence-corrected chi connectivity index (χ3v) is 6.47. The lowest BCUT2D eigenvalue weighted by molar-refractivity contribution is -0.122. The molecule has 4 amide bonds. The number of hydrogen-bond acceptors (Lipinski definition) is 6. The first-order valence-electron chi connectivity index (χ1n) is 11.5. The molecule has 2 aromatic carbocycles. The molecule has 0 aromatic heterocycles. The summed E-state index contributed by atoms with van der Waals surface area (Å²) in [6.45, 7) is 2.73. The van der Waals surface area contributed by atoms with E-state index < -0.39 is 17.5 Å². The molecule has 10 heteroatoms. The van der Waals surface area contributed by atoms with Crippen molar-refractivity contribution in [2.75, 3.05) is 40.0 Å². The highest BCUT2D eigenvalue weighted by Crippen LogP contribution is 2.28. The van der Waals surface area contributed by atoms with Crippen LogP contribution in [0.3, 0.4) is 0 Å². The van der Waals surface area contributed by atoms with Gasteiger partial charge in [-0.1, -0.05) is 30.0 Å². The number of ether oxygens (including phenoxy) is 2. The summed E-state index contributed by atoms with van der Waals surface area (Å²) in [7, 11) is 1.53. The van der Waals surface area contributed by atoms with Gasteiger partial charge in [-0.05, 0) is 29.8 Å². The zero-order chi connectivity index (χ0) is 25.3. The van der Waals surface area contributed by atoms with E-state index in [2.05, 4.69) is 22.5 Å². The minimum Gasteiger partial charge on any atom is -0.497 e. The van der Waals surface area contributed by atoms with E-state index in [1.165, 1.54) is 12.0 Å². The van der Waals surface area contributed by atoms with Gasteiger partial charge in [-0.15, -0.1) is 0 Å². The average molecular weight is 488 g/mol. The second-order valence-corrected chi connectivity index (χ2v) is 8.77. The zero-order valence-corrected chi connectivity index (χ0v) is 19.7. The van der Waals surface area contributed by atoms with Gasteiger partial charge in [0.1, 0.15) is 11.6 Å². The first-order valence-corrected chi connectivity index (χ1v) is 11.5. The van der Waals surface area contributed by atoms with Gasteiger partial charge in [-0.25, -0.2) is 4.79 Å². The number of hydrogen-bond donors (Lipinski definition) is 3. The number of methoxy groups -OCH3 is 1. The highest BCUT2D eigenvalue weighted by atomic mass is 16.5. The van der Waals surface area contributed by atoms with Crippen molar-refractivity contribution in [3.8, 4) is 17.6 Å². The van der Waals surface area contributed by atoms with E-state index in [1.54, 1.807) is 36.4 Å². The van der Waals surface area contributed by atoms with Gasteiger partial charge in [0, 0.05) is 36.3 Å². The molecule has 36 heavy (non-hydrogen) atoms. The second-order valence-electron chi connectivity index (χ2n) is 8.77. The lowest BCUT2D eigenvalue weighted by Gasteiger charge is -2.29. The molecule has 0 unspecified atom stereocenters. The maximum Gasteiger partial charge on any atom is 0.323 e. The predicted octanol–water partition coefficient (Wildman–Crippen LogP) is 0.938. The lowest BCUT2D eigenvalue weighted by atomic mass is 9.99. The standard InChI is InChI=1S/C26H25N5O5/c1-35-20-7-6-19-15-31(23(32)21(19)14-20)16-26(24(33)28-25(34)29-26)9-8-17-2-4-18(5-3-17)22(27)30-10-12-36-13-11-30/h2-7,14,27H,10-13,15-16H2,1H3,(H2,28,29,33,34)/t26-/m1/s1. The summed E-state index contributed by atoms with van der Waals surface area (Å²) in [6.07, 6.45) is 0. The van der Waals surface area contributed by atoms with E-state index in [-0.39, 0.29) is 12.5 Å². The normalized spacial score (nSPS) is 20.9. The molecule has 10 nitrogen and oxygen atoms in total. The average Bonchev–Trinajstić information content (AvgIpc) is 3.36. The topological polar surface area (TPSA) is 124 Å². The number of rotatable bonds is 4. The molecule has 2 aromatic rings. The van der Waals surface area contributed by atoms with Gasteiger partial charge in [-0.3, -0.25) is 20.3 Å². The minimum atomic E-state index is -1.59. The van der Waals surface area contributed by atoms with E-state index in [0.29, 0.717) is 55.6 Å². The van der Waals surface area contributed by atoms with Gasteiger partial charge in [0.05, 0.1) is 26.9 Å². The number of nitrogens with zero attached hydrogens (tertiary/aromatic N) is 2. The number of morpholine rings is 1. The molecule has 3 N–H and O–H groups in total. The van der Waals surface area contributed by atoms with Crippen molar-refractivity contribution in [2.24, 2.45) is 0 Å². The van der Waals surface area contributed by atoms with Crippen LogP contribution in [0.4, 0.5) is 4.79 Å². The van der Waals surface area contributed by atoms with Crippen LogP contribution in [0.2, 0.25) is 0 Å². The third kappa shape index (κ3) is 4.36. The van der Waals surface area contributed by atoms with Crippen molar-refractivity contribution in [3.05, 3.63) is 64.7 Å². The van der Waals surface area contributed by atoms with Crippen LogP contribution >= 0.6 is 0 Å². The number of imide groups is 1.